The molecule has 0 saturated carbocycles. The second kappa shape index (κ2) is 8.00. The Kier molecular flexibility index (Phi) is 5.77. The number of rotatable bonds is 4. The van der Waals surface area contributed by atoms with Crippen molar-refractivity contribution in [1.82, 2.24) is 19.9 Å². The number of benzene rings is 1. The first-order valence-electron chi connectivity index (χ1n) is 9.02. The number of nitrogens with one attached hydrogen (secondary N) is 1. The van der Waals surface area contributed by atoms with Gasteiger partial charge in [0.15, 0.2) is 23.1 Å². The Morgan fingerprint density at radius 2 is 1.97 bits per heavy atom. The van der Waals surface area contributed by atoms with Crippen molar-refractivity contribution in [1.29, 1.82) is 0 Å². The molecule has 0 unspecified atom stereocenters. The number of carbonyl (C=O) groups is 2. The third-order valence-corrected chi connectivity index (χ3v) is 4.81. The number of anilines is 1. The van der Waals surface area contributed by atoms with E-state index in [4.69, 9.17) is 0 Å². The summed E-state index contributed by atoms with van der Waals surface area (Å²) in [7, 11) is 0. The fourth-order valence-electron chi connectivity index (χ4n) is 3.09. The minimum Gasteiger partial charge on any atom is -0.316 e. The Morgan fingerprint density at radius 3 is 2.60 bits per heavy atom. The monoisotopic (exact) mass is 431 g/mol. The first kappa shape index (κ1) is 21.7. The van der Waals surface area contributed by atoms with Gasteiger partial charge in [0.25, 0.3) is 0 Å². The molecule has 2 aromatic rings. The van der Waals surface area contributed by atoms with Gasteiger partial charge in [0.1, 0.15) is 0 Å². The maximum atomic E-state index is 13.3. The van der Waals surface area contributed by atoms with Gasteiger partial charge in [0.05, 0.1) is 24.2 Å². The standard InChI is InChI=1S/C18H18F5N5O2/c1-9(18(21,22)23)5-15(29)16-14-8-27(7-10(2)28(14)26-25-16)17(30)24-11-3-4-12(19)13(20)6-11/h3-4,6,9-10H,5,7-8H2,1-2H3,(H,24,30)/t9-,10+/m0/s1. The van der Waals surface area contributed by atoms with E-state index in [1.54, 1.807) is 6.92 Å². The number of hydrogen-bond acceptors (Lipinski definition) is 4. The minimum absolute atomic E-state index is 0.0269. The lowest BCUT2D eigenvalue weighted by molar-refractivity contribution is -0.168. The van der Waals surface area contributed by atoms with E-state index in [1.165, 1.54) is 15.6 Å². The van der Waals surface area contributed by atoms with Crippen LogP contribution < -0.4 is 5.32 Å². The number of urea groups is 1. The predicted molar refractivity (Wildman–Crippen MR) is 94.7 cm³/mol. The second-order valence-electron chi connectivity index (χ2n) is 7.19. The summed E-state index contributed by atoms with van der Waals surface area (Å²) in [6.07, 6.45) is -5.31. The number of fused-ring (bicyclic) bond motifs is 1. The molecule has 0 spiro atoms. The Bertz CT molecular complexity index is 974. The molecule has 0 radical (unpaired) electrons. The number of aromatic nitrogens is 3. The van der Waals surface area contributed by atoms with Crippen LogP contribution >= 0.6 is 0 Å². The zero-order valence-corrected chi connectivity index (χ0v) is 16.0. The fourth-order valence-corrected chi connectivity index (χ4v) is 3.09. The van der Waals surface area contributed by atoms with Crippen molar-refractivity contribution in [2.75, 3.05) is 11.9 Å². The molecule has 1 aromatic heterocycles. The molecule has 2 atom stereocenters. The molecule has 0 aliphatic carbocycles. The van der Waals surface area contributed by atoms with Gasteiger partial charge in [0, 0.05) is 24.7 Å². The van der Waals surface area contributed by atoms with Crippen LogP contribution in [0.5, 0.6) is 0 Å². The van der Waals surface area contributed by atoms with E-state index >= 15 is 0 Å². The van der Waals surface area contributed by atoms with Crippen molar-refractivity contribution >= 4 is 17.5 Å². The molecule has 162 valence electrons. The maximum Gasteiger partial charge on any atom is 0.391 e. The zero-order chi connectivity index (χ0) is 22.2. The lowest BCUT2D eigenvalue weighted by Crippen LogP contribution is -2.43. The van der Waals surface area contributed by atoms with Crippen LogP contribution in [0.4, 0.5) is 32.4 Å². The van der Waals surface area contributed by atoms with E-state index in [-0.39, 0.29) is 30.2 Å². The van der Waals surface area contributed by atoms with Crippen molar-refractivity contribution in [3.05, 3.63) is 41.2 Å². The Hall–Kier alpha value is -3.05. The predicted octanol–water partition coefficient (Wildman–Crippen LogP) is 3.94. The lowest BCUT2D eigenvalue weighted by Gasteiger charge is -2.32. The molecule has 0 saturated heterocycles. The van der Waals surface area contributed by atoms with Crippen molar-refractivity contribution in [3.63, 3.8) is 0 Å². The fraction of sp³-hybridized carbons (Fsp3) is 0.444. The highest BCUT2D eigenvalue weighted by Gasteiger charge is 2.39. The molecule has 12 heteroatoms. The Morgan fingerprint density at radius 1 is 1.27 bits per heavy atom. The van der Waals surface area contributed by atoms with Gasteiger partial charge in [-0.15, -0.1) is 5.10 Å². The summed E-state index contributed by atoms with van der Waals surface area (Å²) in [5.41, 5.74) is 0.0240. The summed E-state index contributed by atoms with van der Waals surface area (Å²) in [6, 6.07) is 1.81. The average Bonchev–Trinajstić information content (AvgIpc) is 3.08. The van der Waals surface area contributed by atoms with Gasteiger partial charge < -0.3 is 10.2 Å². The molecule has 0 bridgehead atoms. The smallest absolute Gasteiger partial charge is 0.316 e. The van der Waals surface area contributed by atoms with Crippen molar-refractivity contribution in [2.45, 2.75) is 39.0 Å². The molecule has 3 rings (SSSR count). The molecule has 1 aromatic carbocycles. The molecule has 0 fully saturated rings. The Balaban J connectivity index is 1.77. The molecular formula is C18H18F5N5O2. The number of halogens is 5. The van der Waals surface area contributed by atoms with Gasteiger partial charge >= 0.3 is 12.2 Å². The number of ketones is 1. The number of carbonyl (C=O) groups excluding carboxylic acids is 2. The van der Waals surface area contributed by atoms with Crippen LogP contribution in [0, 0.1) is 17.6 Å². The topological polar surface area (TPSA) is 80.1 Å². The summed E-state index contributed by atoms with van der Waals surface area (Å²) in [5.74, 6) is -4.87. The van der Waals surface area contributed by atoms with E-state index in [2.05, 4.69) is 15.6 Å². The van der Waals surface area contributed by atoms with Gasteiger partial charge in [-0.2, -0.15) is 13.2 Å². The molecule has 30 heavy (non-hydrogen) atoms. The highest BCUT2D eigenvalue weighted by molar-refractivity contribution is 5.95. The summed E-state index contributed by atoms with van der Waals surface area (Å²) in [5, 5.41) is 9.99. The minimum atomic E-state index is -4.52. The Labute approximate surface area is 167 Å². The molecule has 1 N–H and O–H groups in total. The van der Waals surface area contributed by atoms with Crippen LogP contribution in [0.3, 0.4) is 0 Å². The molecular weight excluding hydrogens is 413 g/mol. The quantitative estimate of drug-likeness (QED) is 0.588. The molecule has 2 heterocycles. The first-order chi connectivity index (χ1) is 14.0. The van der Waals surface area contributed by atoms with E-state index in [9.17, 15) is 31.5 Å². The van der Waals surface area contributed by atoms with Gasteiger partial charge in [-0.1, -0.05) is 12.1 Å². The van der Waals surface area contributed by atoms with Crippen molar-refractivity contribution in [3.8, 4) is 0 Å². The lowest BCUT2D eigenvalue weighted by atomic mass is 10.0. The van der Waals surface area contributed by atoms with E-state index in [1.807, 2.05) is 0 Å². The molecule has 2 amide bonds. The number of hydrogen-bond donors (Lipinski definition) is 1. The molecule has 1 aliphatic heterocycles. The second-order valence-corrected chi connectivity index (χ2v) is 7.19. The van der Waals surface area contributed by atoms with Gasteiger partial charge in [-0.05, 0) is 19.1 Å². The summed E-state index contributed by atoms with van der Waals surface area (Å²) >= 11 is 0. The zero-order valence-electron chi connectivity index (χ0n) is 16.0. The summed E-state index contributed by atoms with van der Waals surface area (Å²) < 4.78 is 66.1. The van der Waals surface area contributed by atoms with Crippen LogP contribution in [0.15, 0.2) is 18.2 Å². The number of amides is 2. The van der Waals surface area contributed by atoms with Crippen molar-refractivity contribution < 1.29 is 31.5 Å². The normalized spacial score (nSPS) is 17.4. The SMILES string of the molecule is C[C@@H]1CN(C(=O)Nc2ccc(F)c(F)c2)Cc2c(C(=O)C[C@H](C)C(F)(F)F)nnn21. The number of alkyl halides is 3. The van der Waals surface area contributed by atoms with Crippen LogP contribution in [0.2, 0.25) is 0 Å². The highest BCUT2D eigenvalue weighted by Crippen LogP contribution is 2.30. The molecule has 1 aliphatic rings. The third kappa shape index (κ3) is 4.41. The van der Waals surface area contributed by atoms with Crippen LogP contribution in [-0.2, 0) is 6.54 Å². The van der Waals surface area contributed by atoms with Crippen LogP contribution in [0.1, 0.15) is 42.5 Å². The van der Waals surface area contributed by atoms with E-state index in [0.717, 1.165) is 19.1 Å². The van der Waals surface area contributed by atoms with Gasteiger partial charge in [-0.3, -0.25) is 4.79 Å². The summed E-state index contributed by atoms with van der Waals surface area (Å²) in [6.45, 7) is 2.63. The van der Waals surface area contributed by atoms with Crippen LogP contribution in [0.25, 0.3) is 0 Å². The highest BCUT2D eigenvalue weighted by atomic mass is 19.4. The third-order valence-electron chi connectivity index (χ3n) is 4.81. The van der Waals surface area contributed by atoms with E-state index < -0.39 is 48.0 Å². The average molecular weight is 431 g/mol. The van der Waals surface area contributed by atoms with Crippen LogP contribution in [-0.4, -0.2) is 44.4 Å². The number of Topliss-reactive ketones (excluding diaryl/α,β-unsaturated/α-hetero) is 1. The molecule has 7 nitrogen and oxygen atoms in total. The van der Waals surface area contributed by atoms with Crippen molar-refractivity contribution in [2.24, 2.45) is 5.92 Å². The summed E-state index contributed by atoms with van der Waals surface area (Å²) in [4.78, 5) is 26.2. The van der Waals surface area contributed by atoms with Gasteiger partial charge in [0.2, 0.25) is 0 Å². The number of nitrogens with zero attached hydrogens (tertiary/aromatic N) is 4. The maximum absolute atomic E-state index is 13.3. The van der Waals surface area contributed by atoms with Gasteiger partial charge in [-0.25, -0.2) is 18.3 Å². The first-order valence-corrected chi connectivity index (χ1v) is 9.02. The van der Waals surface area contributed by atoms with E-state index in [0.29, 0.717) is 0 Å². The largest absolute Gasteiger partial charge is 0.391 e.